The molecule has 0 aliphatic carbocycles. The van der Waals surface area contributed by atoms with Crippen LogP contribution in [0.15, 0.2) is 60.7 Å². The van der Waals surface area contributed by atoms with Crippen LogP contribution in [0, 0.1) is 10.1 Å². The van der Waals surface area contributed by atoms with Crippen LogP contribution in [0.2, 0.25) is 5.02 Å². The van der Waals surface area contributed by atoms with Gasteiger partial charge in [-0.25, -0.2) is 0 Å². The number of benzene rings is 3. The molecule has 0 spiro atoms. The lowest BCUT2D eigenvalue weighted by Crippen LogP contribution is -2.15. The Morgan fingerprint density at radius 1 is 1.06 bits per heavy atom. The minimum absolute atomic E-state index is 0.260. The summed E-state index contributed by atoms with van der Waals surface area (Å²) in [5, 5.41) is 14.3. The van der Waals surface area contributed by atoms with Crippen molar-refractivity contribution in [1.82, 2.24) is 0 Å². The fraction of sp³-hybridized carbons (Fsp3) is 0.0952. The molecule has 8 nitrogen and oxygen atoms in total. The highest BCUT2D eigenvalue weighted by atomic mass is 35.5. The molecule has 0 bridgehead atoms. The predicted octanol–water partition coefficient (Wildman–Crippen LogP) is 5.90. The second-order valence-electron chi connectivity index (χ2n) is 6.17. The van der Waals surface area contributed by atoms with Crippen molar-refractivity contribution < 1.29 is 32.7 Å². The largest absolute Gasteiger partial charge is 0.493 e. The Bertz CT molecular complexity index is 1140. The number of nitro groups is 1. The van der Waals surface area contributed by atoms with E-state index in [2.05, 4.69) is 10.1 Å². The summed E-state index contributed by atoms with van der Waals surface area (Å²) < 4.78 is 39.9. The zero-order valence-corrected chi connectivity index (χ0v) is 17.1. The second kappa shape index (κ2) is 9.92. The Labute approximate surface area is 185 Å². The highest BCUT2D eigenvalue weighted by Crippen LogP contribution is 2.36. The summed E-state index contributed by atoms with van der Waals surface area (Å²) in [6, 6.07) is 14.7. The Kier molecular flexibility index (Phi) is 7.06. The number of methoxy groups -OCH3 is 1. The van der Waals surface area contributed by atoms with Crippen molar-refractivity contribution >= 4 is 28.9 Å². The third kappa shape index (κ3) is 5.41. The Morgan fingerprint density at radius 3 is 2.34 bits per heavy atom. The van der Waals surface area contributed by atoms with E-state index in [0.717, 1.165) is 13.2 Å². The number of nitro benzene ring substituents is 1. The van der Waals surface area contributed by atoms with Gasteiger partial charge in [-0.05, 0) is 36.4 Å². The van der Waals surface area contributed by atoms with Gasteiger partial charge in [0.05, 0.1) is 23.1 Å². The first kappa shape index (κ1) is 22.8. The van der Waals surface area contributed by atoms with Crippen LogP contribution in [0.25, 0.3) is 0 Å². The van der Waals surface area contributed by atoms with Gasteiger partial charge in [-0.3, -0.25) is 14.9 Å². The number of hydrogen-bond donors (Lipinski definition) is 1. The lowest BCUT2D eigenvalue weighted by molar-refractivity contribution is -0.385. The van der Waals surface area contributed by atoms with Crippen LogP contribution < -0.4 is 19.5 Å². The number of halogens is 3. The van der Waals surface area contributed by atoms with Crippen molar-refractivity contribution in [3.63, 3.8) is 0 Å². The number of amides is 1. The molecule has 0 saturated heterocycles. The van der Waals surface area contributed by atoms with Crippen molar-refractivity contribution in [1.29, 1.82) is 0 Å². The highest BCUT2D eigenvalue weighted by molar-refractivity contribution is 6.32. The third-order valence-corrected chi connectivity index (χ3v) is 4.43. The summed E-state index contributed by atoms with van der Waals surface area (Å²) in [4.78, 5) is 23.1. The van der Waals surface area contributed by atoms with Gasteiger partial charge in [-0.15, -0.1) is 0 Å². The van der Waals surface area contributed by atoms with E-state index in [9.17, 15) is 23.7 Å². The fourth-order valence-corrected chi connectivity index (χ4v) is 2.86. The maximum absolute atomic E-state index is 12.7. The number of anilines is 1. The molecule has 0 radical (unpaired) electrons. The summed E-state index contributed by atoms with van der Waals surface area (Å²) in [5.74, 6) is -0.785. The molecule has 3 aromatic carbocycles. The molecule has 1 amide bonds. The van der Waals surface area contributed by atoms with Gasteiger partial charge in [0.15, 0.2) is 11.5 Å². The molecule has 3 rings (SSSR count). The van der Waals surface area contributed by atoms with Crippen LogP contribution in [0.1, 0.15) is 10.4 Å². The summed E-state index contributed by atoms with van der Waals surface area (Å²) >= 11 is 6.05. The smallest absolute Gasteiger partial charge is 0.387 e. The van der Waals surface area contributed by atoms with Crippen molar-refractivity contribution in [3.8, 4) is 23.0 Å². The van der Waals surface area contributed by atoms with Crippen LogP contribution in [-0.4, -0.2) is 24.6 Å². The molecule has 166 valence electrons. The normalized spacial score (nSPS) is 10.5. The molecule has 0 aromatic heterocycles. The first-order valence-electron chi connectivity index (χ1n) is 8.93. The van der Waals surface area contributed by atoms with Gasteiger partial charge in [0.1, 0.15) is 17.1 Å². The molecular weight excluding hydrogens is 450 g/mol. The molecule has 0 fully saturated rings. The molecule has 1 N–H and O–H groups in total. The average Bonchev–Trinajstić information content (AvgIpc) is 2.76. The molecule has 11 heteroatoms. The van der Waals surface area contributed by atoms with E-state index in [0.29, 0.717) is 28.3 Å². The van der Waals surface area contributed by atoms with Crippen molar-refractivity contribution in [2.45, 2.75) is 6.61 Å². The Hall–Kier alpha value is -3.92. The van der Waals surface area contributed by atoms with Gasteiger partial charge in [0, 0.05) is 11.8 Å². The second-order valence-corrected chi connectivity index (χ2v) is 6.57. The molecule has 0 aliphatic heterocycles. The van der Waals surface area contributed by atoms with E-state index < -0.39 is 34.4 Å². The third-order valence-electron chi connectivity index (χ3n) is 4.12. The van der Waals surface area contributed by atoms with Crippen LogP contribution in [0.3, 0.4) is 0 Å². The van der Waals surface area contributed by atoms with Gasteiger partial charge in [-0.1, -0.05) is 23.7 Å². The van der Waals surface area contributed by atoms with Gasteiger partial charge in [0.25, 0.3) is 11.6 Å². The summed E-state index contributed by atoms with van der Waals surface area (Å²) in [5.41, 5.74) is -0.815. The van der Waals surface area contributed by atoms with E-state index in [1.54, 1.807) is 36.4 Å². The average molecular weight is 465 g/mol. The number of carbonyl (C=O) groups is 1. The summed E-state index contributed by atoms with van der Waals surface area (Å²) in [6.07, 6.45) is 0. The maximum Gasteiger partial charge on any atom is 0.387 e. The number of para-hydroxylation sites is 1. The molecular formula is C21H15ClF2N2O6. The van der Waals surface area contributed by atoms with Gasteiger partial charge >= 0.3 is 6.61 Å². The van der Waals surface area contributed by atoms with Crippen LogP contribution in [0.4, 0.5) is 20.2 Å². The number of ether oxygens (including phenoxy) is 3. The van der Waals surface area contributed by atoms with Crippen LogP contribution in [-0.2, 0) is 0 Å². The lowest BCUT2D eigenvalue weighted by Gasteiger charge is -2.12. The van der Waals surface area contributed by atoms with E-state index in [1.807, 2.05) is 0 Å². The van der Waals surface area contributed by atoms with Gasteiger partial charge < -0.3 is 19.5 Å². The standard InChI is InChI=1S/C21H15ClF2N2O6/c1-30-18-10-14(16(26(28)29)11-19(18)32-21(23)24)20(27)25-12-6-8-13(9-7-12)31-17-5-3-2-4-15(17)22/h2-11,21H,1H3,(H,25,27). The first-order valence-corrected chi connectivity index (χ1v) is 9.31. The molecule has 0 heterocycles. The quantitative estimate of drug-likeness (QED) is 0.329. The summed E-state index contributed by atoms with van der Waals surface area (Å²) in [7, 11) is 1.15. The lowest BCUT2D eigenvalue weighted by atomic mass is 10.1. The Balaban J connectivity index is 1.81. The SMILES string of the molecule is COc1cc(C(=O)Nc2ccc(Oc3ccccc3Cl)cc2)c([N+](=O)[O-])cc1OC(F)F. The maximum atomic E-state index is 12.7. The number of hydrogen-bond acceptors (Lipinski definition) is 6. The molecule has 0 saturated carbocycles. The highest BCUT2D eigenvalue weighted by Gasteiger charge is 2.26. The molecule has 3 aromatic rings. The number of rotatable bonds is 8. The molecule has 0 aliphatic rings. The monoisotopic (exact) mass is 464 g/mol. The topological polar surface area (TPSA) is 99.9 Å². The van der Waals surface area contributed by atoms with E-state index >= 15 is 0 Å². The van der Waals surface area contributed by atoms with Crippen LogP contribution in [0.5, 0.6) is 23.0 Å². The first-order chi connectivity index (χ1) is 15.3. The Morgan fingerprint density at radius 2 is 1.75 bits per heavy atom. The number of nitrogens with zero attached hydrogens (tertiary/aromatic N) is 1. The van der Waals surface area contributed by atoms with E-state index in [-0.39, 0.29) is 5.75 Å². The molecule has 0 unspecified atom stereocenters. The summed E-state index contributed by atoms with van der Waals surface area (Å²) in [6.45, 7) is -3.23. The predicted molar refractivity (Wildman–Crippen MR) is 112 cm³/mol. The van der Waals surface area contributed by atoms with Gasteiger partial charge in [0.2, 0.25) is 0 Å². The number of carbonyl (C=O) groups excluding carboxylic acids is 1. The molecule has 0 atom stereocenters. The van der Waals surface area contributed by atoms with E-state index in [1.165, 1.54) is 12.1 Å². The van der Waals surface area contributed by atoms with E-state index in [4.69, 9.17) is 21.1 Å². The van der Waals surface area contributed by atoms with Crippen molar-refractivity contribution in [2.75, 3.05) is 12.4 Å². The minimum Gasteiger partial charge on any atom is -0.493 e. The van der Waals surface area contributed by atoms with Crippen molar-refractivity contribution in [3.05, 3.63) is 81.4 Å². The van der Waals surface area contributed by atoms with Crippen molar-refractivity contribution in [2.24, 2.45) is 0 Å². The molecule has 32 heavy (non-hydrogen) atoms. The van der Waals surface area contributed by atoms with Crippen LogP contribution >= 0.6 is 11.6 Å². The minimum atomic E-state index is -3.23. The number of alkyl halides is 2. The number of nitrogens with one attached hydrogen (secondary N) is 1. The fourth-order valence-electron chi connectivity index (χ4n) is 2.69. The zero-order chi connectivity index (χ0) is 23.3. The zero-order valence-electron chi connectivity index (χ0n) is 16.4. The van der Waals surface area contributed by atoms with Gasteiger partial charge in [-0.2, -0.15) is 8.78 Å².